The first-order valence-electron chi connectivity index (χ1n) is 7.87. The van der Waals surface area contributed by atoms with Crippen LogP contribution in [0.25, 0.3) is 0 Å². The molecule has 1 heterocycles. The van der Waals surface area contributed by atoms with Crippen molar-refractivity contribution in [3.05, 3.63) is 23.7 Å². The fourth-order valence-corrected chi connectivity index (χ4v) is 2.43. The van der Waals surface area contributed by atoms with E-state index in [2.05, 4.69) is 19.9 Å². The molecule has 104 valence electrons. The van der Waals surface area contributed by atoms with Crippen LogP contribution < -0.4 is 0 Å². The summed E-state index contributed by atoms with van der Waals surface area (Å²) in [6.45, 7) is 4.41. The van der Waals surface area contributed by atoms with Gasteiger partial charge in [-0.25, -0.2) is 0 Å². The topological polar surface area (TPSA) is 13.1 Å². The van der Waals surface area contributed by atoms with Crippen molar-refractivity contribution in [2.75, 3.05) is 0 Å². The maximum Gasteiger partial charge on any atom is 0.106 e. The monoisotopic (exact) mass is 250 g/mol. The first-order chi connectivity index (χ1) is 8.84. The third-order valence-corrected chi connectivity index (χ3v) is 3.73. The molecule has 1 nitrogen and oxygen atoms in total. The lowest BCUT2D eigenvalue weighted by Crippen LogP contribution is -1.86. The van der Waals surface area contributed by atoms with Crippen molar-refractivity contribution in [3.8, 4) is 0 Å². The Morgan fingerprint density at radius 3 is 1.89 bits per heavy atom. The van der Waals surface area contributed by atoms with E-state index in [0.717, 1.165) is 6.42 Å². The fourth-order valence-electron chi connectivity index (χ4n) is 2.43. The highest BCUT2D eigenvalue weighted by atomic mass is 16.3. The third kappa shape index (κ3) is 6.88. The minimum Gasteiger partial charge on any atom is -0.469 e. The maximum absolute atomic E-state index is 5.45. The van der Waals surface area contributed by atoms with Crippen LogP contribution in [0.4, 0.5) is 0 Å². The van der Waals surface area contributed by atoms with E-state index in [1.807, 2.05) is 0 Å². The maximum atomic E-state index is 5.45. The van der Waals surface area contributed by atoms with Crippen molar-refractivity contribution in [3.63, 3.8) is 0 Å². The second-order valence-electron chi connectivity index (χ2n) is 5.46. The minimum atomic E-state index is 1.12. The molecule has 0 aliphatic carbocycles. The highest BCUT2D eigenvalue weighted by Crippen LogP contribution is 2.15. The Morgan fingerprint density at radius 2 is 1.39 bits per heavy atom. The molecule has 1 aromatic heterocycles. The van der Waals surface area contributed by atoms with Crippen LogP contribution in [0.5, 0.6) is 0 Å². The highest BCUT2D eigenvalue weighted by molar-refractivity contribution is 5.14. The number of hydrogen-bond donors (Lipinski definition) is 0. The van der Waals surface area contributed by atoms with Gasteiger partial charge in [0.25, 0.3) is 0 Å². The molecule has 0 unspecified atom stereocenters. The van der Waals surface area contributed by atoms with Crippen molar-refractivity contribution in [2.24, 2.45) is 0 Å². The van der Waals surface area contributed by atoms with E-state index in [0.29, 0.717) is 0 Å². The molecular formula is C17H30O. The van der Waals surface area contributed by atoms with Crippen LogP contribution in [-0.4, -0.2) is 0 Å². The van der Waals surface area contributed by atoms with Crippen LogP contribution in [0.1, 0.15) is 82.5 Å². The van der Waals surface area contributed by atoms with E-state index >= 15 is 0 Å². The molecular weight excluding hydrogens is 220 g/mol. The summed E-state index contributed by atoms with van der Waals surface area (Å²) in [5, 5.41) is 0. The quantitative estimate of drug-likeness (QED) is 0.436. The number of unbranched alkanes of at least 4 members (excludes halogenated alkanes) is 9. The van der Waals surface area contributed by atoms with Gasteiger partial charge in [-0.05, 0) is 25.0 Å². The molecule has 0 aliphatic rings. The smallest absolute Gasteiger partial charge is 0.106 e. The van der Waals surface area contributed by atoms with Crippen LogP contribution in [0.3, 0.4) is 0 Å². The summed E-state index contributed by atoms with van der Waals surface area (Å²) in [6.07, 6.45) is 16.9. The predicted octanol–water partition coefficient (Wildman–Crippen LogP) is 6.05. The van der Waals surface area contributed by atoms with Gasteiger partial charge in [0.15, 0.2) is 0 Å². The molecule has 0 spiro atoms. The summed E-state index contributed by atoms with van der Waals surface area (Å²) in [7, 11) is 0. The molecule has 0 aliphatic heterocycles. The van der Waals surface area contributed by atoms with Crippen molar-refractivity contribution in [2.45, 2.75) is 84.5 Å². The van der Waals surface area contributed by atoms with Crippen molar-refractivity contribution in [1.29, 1.82) is 0 Å². The van der Waals surface area contributed by atoms with E-state index in [1.54, 1.807) is 6.26 Å². The van der Waals surface area contributed by atoms with Gasteiger partial charge in [0.1, 0.15) is 5.76 Å². The van der Waals surface area contributed by atoms with Gasteiger partial charge >= 0.3 is 0 Å². The predicted molar refractivity (Wildman–Crippen MR) is 79.0 cm³/mol. The standard InChI is InChI=1S/C17H30O/c1-3-4-5-6-7-8-9-10-11-12-13-17-16(2)14-15-18-17/h14-15H,3-13H2,1-2H3. The van der Waals surface area contributed by atoms with Crippen LogP contribution in [0, 0.1) is 6.92 Å². The van der Waals surface area contributed by atoms with Gasteiger partial charge in [0, 0.05) is 6.42 Å². The normalized spacial score (nSPS) is 11.0. The molecule has 0 bridgehead atoms. The minimum absolute atomic E-state index is 1.12. The van der Waals surface area contributed by atoms with Gasteiger partial charge in [0.05, 0.1) is 6.26 Å². The molecule has 1 heteroatoms. The highest BCUT2D eigenvalue weighted by Gasteiger charge is 2.00. The van der Waals surface area contributed by atoms with Crippen molar-refractivity contribution < 1.29 is 4.42 Å². The third-order valence-electron chi connectivity index (χ3n) is 3.73. The summed E-state index contributed by atoms with van der Waals surface area (Å²) in [4.78, 5) is 0. The van der Waals surface area contributed by atoms with Crippen LogP contribution in [0.15, 0.2) is 16.7 Å². The molecule has 0 saturated heterocycles. The van der Waals surface area contributed by atoms with E-state index in [1.165, 1.54) is 75.5 Å². The average Bonchev–Trinajstić information content (AvgIpc) is 2.77. The SMILES string of the molecule is CCCCCCCCCCCCc1occc1C. The molecule has 18 heavy (non-hydrogen) atoms. The Labute approximate surface area is 113 Å². The van der Waals surface area contributed by atoms with Gasteiger partial charge in [0.2, 0.25) is 0 Å². The summed E-state index contributed by atoms with van der Waals surface area (Å²) < 4.78 is 5.45. The lowest BCUT2D eigenvalue weighted by atomic mass is 10.0. The summed E-state index contributed by atoms with van der Waals surface area (Å²) in [6, 6.07) is 2.06. The lowest BCUT2D eigenvalue weighted by Gasteiger charge is -2.02. The molecule has 0 amide bonds. The molecule has 0 atom stereocenters. The zero-order valence-electron chi connectivity index (χ0n) is 12.3. The summed E-state index contributed by atoms with van der Waals surface area (Å²) in [5.74, 6) is 1.19. The Hall–Kier alpha value is -0.720. The van der Waals surface area contributed by atoms with E-state index in [9.17, 15) is 0 Å². The summed E-state index contributed by atoms with van der Waals surface area (Å²) >= 11 is 0. The zero-order valence-corrected chi connectivity index (χ0v) is 12.3. The van der Waals surface area contributed by atoms with Crippen LogP contribution in [0.2, 0.25) is 0 Å². The van der Waals surface area contributed by atoms with Gasteiger partial charge < -0.3 is 4.42 Å². The number of furan rings is 1. The molecule has 0 fully saturated rings. The number of rotatable bonds is 11. The van der Waals surface area contributed by atoms with E-state index in [4.69, 9.17) is 4.42 Å². The Balaban J connectivity index is 1.83. The zero-order chi connectivity index (χ0) is 13.1. The Kier molecular flexibility index (Phi) is 8.71. The van der Waals surface area contributed by atoms with Crippen LogP contribution >= 0.6 is 0 Å². The van der Waals surface area contributed by atoms with E-state index in [-0.39, 0.29) is 0 Å². The number of aryl methyl sites for hydroxylation is 2. The second-order valence-corrected chi connectivity index (χ2v) is 5.46. The average molecular weight is 250 g/mol. The first kappa shape index (κ1) is 15.3. The second kappa shape index (κ2) is 10.2. The van der Waals surface area contributed by atoms with Crippen molar-refractivity contribution >= 4 is 0 Å². The van der Waals surface area contributed by atoms with Crippen LogP contribution in [-0.2, 0) is 6.42 Å². The van der Waals surface area contributed by atoms with Gasteiger partial charge in [-0.1, -0.05) is 64.7 Å². The molecule has 0 aromatic carbocycles. The molecule has 0 N–H and O–H groups in total. The largest absolute Gasteiger partial charge is 0.469 e. The number of hydrogen-bond acceptors (Lipinski definition) is 1. The summed E-state index contributed by atoms with van der Waals surface area (Å²) in [5.41, 5.74) is 1.31. The Bertz CT molecular complexity index is 288. The molecule has 1 rings (SSSR count). The molecule has 0 radical (unpaired) electrons. The molecule has 0 saturated carbocycles. The van der Waals surface area contributed by atoms with Gasteiger partial charge in [-0.2, -0.15) is 0 Å². The van der Waals surface area contributed by atoms with Gasteiger partial charge in [-0.3, -0.25) is 0 Å². The van der Waals surface area contributed by atoms with Gasteiger partial charge in [-0.15, -0.1) is 0 Å². The lowest BCUT2D eigenvalue weighted by molar-refractivity contribution is 0.487. The van der Waals surface area contributed by atoms with E-state index < -0.39 is 0 Å². The molecule has 1 aromatic rings. The Morgan fingerprint density at radius 1 is 0.833 bits per heavy atom. The first-order valence-corrected chi connectivity index (χ1v) is 7.87. The fraction of sp³-hybridized carbons (Fsp3) is 0.765. The van der Waals surface area contributed by atoms with Crippen molar-refractivity contribution in [1.82, 2.24) is 0 Å².